The molecule has 0 N–H and O–H groups in total. The number of ether oxygens (including phenoxy) is 3. The predicted octanol–water partition coefficient (Wildman–Crippen LogP) is 1.09. The molecule has 1 aliphatic rings. The Morgan fingerprint density at radius 1 is 1.31 bits per heavy atom. The van der Waals surface area contributed by atoms with Gasteiger partial charge in [-0.05, 0) is 5.41 Å². The monoisotopic (exact) mass is 246 g/mol. The molecule has 1 heterocycles. The van der Waals surface area contributed by atoms with E-state index >= 15 is 0 Å². The fraction of sp³-hybridized carbons (Fsp3) is 0.600. The third kappa shape index (κ3) is 3.53. The van der Waals surface area contributed by atoms with Gasteiger partial charge in [-0.25, -0.2) is 4.79 Å². The van der Waals surface area contributed by atoms with Gasteiger partial charge in [0.1, 0.15) is 11.5 Å². The minimum absolute atomic E-state index is 0.109. The number of hydrogen-bond acceptors (Lipinski definition) is 6. The first-order valence-corrected chi connectivity index (χ1v) is 5.60. The van der Waals surface area contributed by atoms with E-state index in [1.54, 1.807) is 0 Å². The molecule has 1 unspecified atom stereocenters. The molecule has 0 saturated heterocycles. The number of hydrogen-bond donors (Lipinski definition) is 0. The van der Waals surface area contributed by atoms with Gasteiger partial charge in [0, 0.05) is 6.42 Å². The van der Waals surface area contributed by atoms with Crippen molar-refractivity contribution < 1.29 is 23.8 Å². The maximum Gasteiger partial charge on any atom is 0.331 e. The highest BCUT2D eigenvalue weighted by atomic mass is 32.2. The van der Waals surface area contributed by atoms with Gasteiger partial charge in [-0.2, -0.15) is 0 Å². The summed E-state index contributed by atoms with van der Waals surface area (Å²) in [5.74, 6) is -0.821. The maximum atomic E-state index is 11.2. The minimum Gasteiger partial charge on any atom is -0.469 e. The van der Waals surface area contributed by atoms with E-state index < -0.39 is 10.9 Å². The average Bonchev–Trinajstić information content (AvgIpc) is 2.74. The number of carbonyl (C=O) groups excluding carboxylic acids is 2. The molecule has 0 aliphatic carbocycles. The zero-order chi connectivity index (χ0) is 12.0. The van der Waals surface area contributed by atoms with E-state index in [4.69, 9.17) is 4.74 Å². The summed E-state index contributed by atoms with van der Waals surface area (Å²) in [6.07, 6.45) is 2.58. The Morgan fingerprint density at radius 2 is 2.00 bits per heavy atom. The fourth-order valence-corrected chi connectivity index (χ4v) is 2.21. The average molecular weight is 246 g/mol. The van der Waals surface area contributed by atoms with Crippen LogP contribution in [0.15, 0.2) is 11.5 Å². The molecule has 0 spiro atoms. The topological polar surface area (TPSA) is 61.8 Å². The van der Waals surface area contributed by atoms with Gasteiger partial charge in [0.05, 0.1) is 20.6 Å². The highest BCUT2D eigenvalue weighted by Crippen LogP contribution is 2.40. The number of thioether (sulfide) groups is 1. The van der Waals surface area contributed by atoms with Crippen molar-refractivity contribution in [3.63, 3.8) is 0 Å². The first-order valence-electron chi connectivity index (χ1n) is 4.72. The lowest BCUT2D eigenvalue weighted by atomic mass is 10.2. The summed E-state index contributed by atoms with van der Waals surface area (Å²) < 4.78 is 14.5. The molecule has 0 amide bonds. The zero-order valence-electron chi connectivity index (χ0n) is 9.23. The third-order valence-corrected chi connectivity index (χ3v) is 3.32. The number of carbonyl (C=O) groups is 2. The lowest BCUT2D eigenvalue weighted by Crippen LogP contribution is -2.32. The molecule has 1 aliphatic heterocycles. The summed E-state index contributed by atoms with van der Waals surface area (Å²) in [6.45, 7) is -0.165. The van der Waals surface area contributed by atoms with E-state index in [0.29, 0.717) is 6.42 Å². The maximum absolute atomic E-state index is 11.2. The number of esters is 2. The van der Waals surface area contributed by atoms with Crippen LogP contribution >= 0.6 is 11.8 Å². The van der Waals surface area contributed by atoms with E-state index in [1.807, 2.05) is 11.5 Å². The van der Waals surface area contributed by atoms with Gasteiger partial charge < -0.3 is 14.2 Å². The molecule has 0 aromatic carbocycles. The molecule has 1 atom stereocenters. The molecule has 0 saturated carbocycles. The second kappa shape index (κ2) is 5.91. The minimum atomic E-state index is -0.721. The van der Waals surface area contributed by atoms with Crippen molar-refractivity contribution in [1.29, 1.82) is 0 Å². The Labute approximate surface area is 98.1 Å². The van der Waals surface area contributed by atoms with Crippen molar-refractivity contribution in [1.82, 2.24) is 0 Å². The van der Waals surface area contributed by atoms with Gasteiger partial charge >= 0.3 is 11.9 Å². The van der Waals surface area contributed by atoms with Crippen LogP contribution in [-0.2, 0) is 23.8 Å². The lowest BCUT2D eigenvalue weighted by Gasteiger charge is -2.26. The molecular weight excluding hydrogens is 232 g/mol. The van der Waals surface area contributed by atoms with Crippen LogP contribution < -0.4 is 0 Å². The molecule has 90 valence electrons. The second-order valence-electron chi connectivity index (χ2n) is 3.22. The largest absolute Gasteiger partial charge is 0.469 e. The Kier molecular flexibility index (Phi) is 4.82. The molecule has 0 bridgehead atoms. The first kappa shape index (κ1) is 13.1. The second-order valence-corrected chi connectivity index (χ2v) is 4.47. The summed E-state index contributed by atoms with van der Waals surface area (Å²) in [5, 5.41) is 1.85. The van der Waals surface area contributed by atoms with Crippen molar-refractivity contribution in [3.05, 3.63) is 11.5 Å². The van der Waals surface area contributed by atoms with Crippen molar-refractivity contribution in [3.8, 4) is 0 Å². The summed E-state index contributed by atoms with van der Waals surface area (Å²) in [7, 11) is 2.61. The summed E-state index contributed by atoms with van der Waals surface area (Å²) in [4.78, 5) is 21.5. The zero-order valence-corrected chi connectivity index (χ0v) is 10.0. The van der Waals surface area contributed by atoms with Crippen LogP contribution in [0.1, 0.15) is 12.8 Å². The van der Waals surface area contributed by atoms with Gasteiger partial charge in [0.2, 0.25) is 0 Å². The van der Waals surface area contributed by atoms with Crippen molar-refractivity contribution in [2.45, 2.75) is 17.8 Å². The lowest BCUT2D eigenvalue weighted by molar-refractivity contribution is -0.154. The highest BCUT2D eigenvalue weighted by Gasteiger charge is 2.36. The summed E-state index contributed by atoms with van der Waals surface area (Å²) >= 11 is 1.37. The van der Waals surface area contributed by atoms with E-state index in [9.17, 15) is 9.59 Å². The molecule has 1 rings (SSSR count). The smallest absolute Gasteiger partial charge is 0.331 e. The highest BCUT2D eigenvalue weighted by molar-refractivity contribution is 8.03. The molecule has 0 radical (unpaired) electrons. The van der Waals surface area contributed by atoms with Crippen molar-refractivity contribution in [2.24, 2.45) is 0 Å². The SMILES string of the molecule is COC(=O)COC1(CC(=O)OC)CC=CS1. The van der Waals surface area contributed by atoms with E-state index in [-0.39, 0.29) is 19.0 Å². The Morgan fingerprint density at radius 3 is 2.50 bits per heavy atom. The first-order chi connectivity index (χ1) is 7.62. The van der Waals surface area contributed by atoms with Crippen LogP contribution in [-0.4, -0.2) is 37.7 Å². The number of methoxy groups -OCH3 is 2. The number of rotatable bonds is 5. The van der Waals surface area contributed by atoms with Gasteiger partial charge in [-0.3, -0.25) is 4.79 Å². The van der Waals surface area contributed by atoms with E-state index in [0.717, 1.165) is 0 Å². The van der Waals surface area contributed by atoms with Gasteiger partial charge in [0.25, 0.3) is 0 Å². The van der Waals surface area contributed by atoms with Crippen LogP contribution in [0.5, 0.6) is 0 Å². The molecule has 16 heavy (non-hydrogen) atoms. The molecule has 0 fully saturated rings. The van der Waals surface area contributed by atoms with Crippen LogP contribution in [0.25, 0.3) is 0 Å². The van der Waals surface area contributed by atoms with Crippen molar-refractivity contribution in [2.75, 3.05) is 20.8 Å². The fourth-order valence-electron chi connectivity index (χ4n) is 1.25. The third-order valence-electron chi connectivity index (χ3n) is 2.13. The van der Waals surface area contributed by atoms with Gasteiger partial charge in [-0.1, -0.05) is 17.8 Å². The Hall–Kier alpha value is -1.01. The van der Waals surface area contributed by atoms with Crippen LogP contribution in [0.3, 0.4) is 0 Å². The molecular formula is C10H14O5S. The summed E-state index contributed by atoms with van der Waals surface area (Å²) in [5.41, 5.74) is 0. The molecule has 5 nitrogen and oxygen atoms in total. The van der Waals surface area contributed by atoms with Crippen molar-refractivity contribution >= 4 is 23.7 Å². The molecule has 0 aromatic rings. The van der Waals surface area contributed by atoms with Crippen LogP contribution in [0.2, 0.25) is 0 Å². The van der Waals surface area contributed by atoms with Crippen LogP contribution in [0.4, 0.5) is 0 Å². The molecule has 0 aromatic heterocycles. The van der Waals surface area contributed by atoms with E-state index in [1.165, 1.54) is 26.0 Å². The summed E-state index contributed by atoms with van der Waals surface area (Å²) in [6, 6.07) is 0. The molecule has 6 heteroatoms. The Bertz CT molecular complexity index is 292. The van der Waals surface area contributed by atoms with Gasteiger partial charge in [0.15, 0.2) is 0 Å². The van der Waals surface area contributed by atoms with Crippen LogP contribution in [0, 0.1) is 0 Å². The normalized spacial score (nSPS) is 23.1. The quantitative estimate of drug-likeness (QED) is 0.677. The van der Waals surface area contributed by atoms with E-state index in [2.05, 4.69) is 9.47 Å². The Balaban J connectivity index is 2.52. The standard InChI is InChI=1S/C10H14O5S/c1-13-8(11)6-10(4-3-5-16-10)15-7-9(12)14-2/h3,5H,4,6-7H2,1-2H3. The predicted molar refractivity (Wildman–Crippen MR) is 58.7 cm³/mol. The van der Waals surface area contributed by atoms with Gasteiger partial charge in [-0.15, -0.1) is 0 Å².